The van der Waals surface area contributed by atoms with Gasteiger partial charge in [-0.2, -0.15) is 0 Å². The van der Waals surface area contributed by atoms with Gasteiger partial charge in [-0.1, -0.05) is 18.2 Å². The fraction of sp³-hybridized carbons (Fsp3) is 0.292. The van der Waals surface area contributed by atoms with Crippen LogP contribution in [0.5, 0.6) is 11.5 Å². The standard InChI is InChI=1S/C24H24FNO4S/c1-28-21-13-16(4-9-20(21)30-15-19-3-2-12-29-19)14-26-24(27)23-11-10-22(31-23)17-5-7-18(25)8-6-17/h4-11,13,19H,2-3,12,14-15H2,1H3,(H,26,27). The molecule has 0 spiro atoms. The number of methoxy groups -OCH3 is 1. The highest BCUT2D eigenvalue weighted by Gasteiger charge is 2.17. The van der Waals surface area contributed by atoms with Crippen molar-refractivity contribution in [1.82, 2.24) is 5.32 Å². The number of thiophene rings is 1. The molecule has 1 aliphatic heterocycles. The number of nitrogens with one attached hydrogen (secondary N) is 1. The summed E-state index contributed by atoms with van der Waals surface area (Å²) in [6.45, 7) is 1.66. The van der Waals surface area contributed by atoms with E-state index in [2.05, 4.69) is 5.32 Å². The highest BCUT2D eigenvalue weighted by molar-refractivity contribution is 7.17. The Kier molecular flexibility index (Phi) is 6.84. The van der Waals surface area contributed by atoms with Gasteiger partial charge in [0.1, 0.15) is 12.4 Å². The van der Waals surface area contributed by atoms with Crippen LogP contribution in [-0.4, -0.2) is 32.3 Å². The first-order valence-electron chi connectivity index (χ1n) is 10.2. The van der Waals surface area contributed by atoms with Crippen LogP contribution in [0, 0.1) is 5.82 Å². The first kappa shape index (κ1) is 21.3. The summed E-state index contributed by atoms with van der Waals surface area (Å²) in [6, 6.07) is 15.5. The lowest BCUT2D eigenvalue weighted by atomic mass is 10.2. The topological polar surface area (TPSA) is 56.8 Å². The molecule has 0 aliphatic carbocycles. The summed E-state index contributed by atoms with van der Waals surface area (Å²) in [6.07, 6.45) is 2.21. The Balaban J connectivity index is 1.35. The van der Waals surface area contributed by atoms with Gasteiger partial charge < -0.3 is 19.5 Å². The number of amides is 1. The Bertz CT molecular complexity index is 1030. The van der Waals surface area contributed by atoms with E-state index in [-0.39, 0.29) is 17.8 Å². The third-order valence-electron chi connectivity index (χ3n) is 5.09. The number of hydrogen-bond donors (Lipinski definition) is 1. The minimum atomic E-state index is -0.281. The molecule has 1 aromatic heterocycles. The summed E-state index contributed by atoms with van der Waals surface area (Å²) >= 11 is 1.37. The zero-order valence-electron chi connectivity index (χ0n) is 17.2. The maximum absolute atomic E-state index is 13.1. The lowest BCUT2D eigenvalue weighted by molar-refractivity contribution is 0.0669. The zero-order chi connectivity index (χ0) is 21.6. The van der Waals surface area contributed by atoms with Gasteiger partial charge in [-0.15, -0.1) is 11.3 Å². The maximum Gasteiger partial charge on any atom is 0.261 e. The molecule has 1 amide bonds. The summed E-state index contributed by atoms with van der Waals surface area (Å²) < 4.78 is 30.0. The molecule has 1 atom stereocenters. The number of halogens is 1. The van der Waals surface area contributed by atoms with Crippen LogP contribution in [0.2, 0.25) is 0 Å². The second-order valence-electron chi connectivity index (χ2n) is 7.28. The van der Waals surface area contributed by atoms with Crippen molar-refractivity contribution in [2.45, 2.75) is 25.5 Å². The maximum atomic E-state index is 13.1. The second-order valence-corrected chi connectivity index (χ2v) is 8.37. The molecular weight excluding hydrogens is 417 g/mol. The van der Waals surface area contributed by atoms with Gasteiger partial charge in [-0.3, -0.25) is 4.79 Å². The van der Waals surface area contributed by atoms with Crippen LogP contribution in [0.15, 0.2) is 54.6 Å². The quantitative estimate of drug-likeness (QED) is 0.532. The van der Waals surface area contributed by atoms with Crippen molar-refractivity contribution in [1.29, 1.82) is 0 Å². The van der Waals surface area contributed by atoms with E-state index in [4.69, 9.17) is 14.2 Å². The molecule has 4 rings (SSSR count). The number of carbonyl (C=O) groups is 1. The van der Waals surface area contributed by atoms with Gasteiger partial charge in [-0.05, 0) is 60.4 Å². The molecule has 31 heavy (non-hydrogen) atoms. The summed E-state index contributed by atoms with van der Waals surface area (Å²) in [5, 5.41) is 2.93. The predicted octanol–water partition coefficient (Wildman–Crippen LogP) is 5.05. The molecule has 0 bridgehead atoms. The van der Waals surface area contributed by atoms with Crippen LogP contribution in [-0.2, 0) is 11.3 Å². The van der Waals surface area contributed by atoms with Gasteiger partial charge in [0, 0.05) is 18.0 Å². The molecule has 1 fully saturated rings. The molecule has 162 valence electrons. The van der Waals surface area contributed by atoms with Gasteiger partial charge in [-0.25, -0.2) is 4.39 Å². The summed E-state index contributed by atoms with van der Waals surface area (Å²) in [5.74, 6) is 0.850. The molecular formula is C24H24FNO4S. The minimum absolute atomic E-state index is 0.134. The van der Waals surface area contributed by atoms with Gasteiger partial charge in [0.2, 0.25) is 0 Å². The van der Waals surface area contributed by atoms with E-state index >= 15 is 0 Å². The van der Waals surface area contributed by atoms with E-state index in [1.165, 1.54) is 23.5 Å². The number of carbonyl (C=O) groups excluding carboxylic acids is 1. The molecule has 1 saturated heterocycles. The number of benzene rings is 2. The highest BCUT2D eigenvalue weighted by Crippen LogP contribution is 2.30. The lowest BCUT2D eigenvalue weighted by Crippen LogP contribution is -2.21. The molecule has 2 heterocycles. The Hall–Kier alpha value is -2.90. The zero-order valence-corrected chi connectivity index (χ0v) is 18.0. The number of ether oxygens (including phenoxy) is 3. The fourth-order valence-electron chi connectivity index (χ4n) is 3.40. The first-order chi connectivity index (χ1) is 15.1. The van der Waals surface area contributed by atoms with Crippen LogP contribution in [0.25, 0.3) is 10.4 Å². The van der Waals surface area contributed by atoms with E-state index in [1.807, 2.05) is 24.3 Å². The average molecular weight is 442 g/mol. The van der Waals surface area contributed by atoms with Crippen molar-refractivity contribution in [3.05, 3.63) is 70.9 Å². The SMILES string of the molecule is COc1cc(CNC(=O)c2ccc(-c3ccc(F)cc3)s2)ccc1OCC1CCCO1. The molecule has 1 aliphatic rings. The van der Waals surface area contributed by atoms with E-state index in [0.717, 1.165) is 35.5 Å². The Morgan fingerprint density at radius 1 is 1.16 bits per heavy atom. The largest absolute Gasteiger partial charge is 0.493 e. The van der Waals surface area contributed by atoms with Crippen molar-refractivity contribution in [2.24, 2.45) is 0 Å². The van der Waals surface area contributed by atoms with Crippen LogP contribution in [0.3, 0.4) is 0 Å². The van der Waals surface area contributed by atoms with Gasteiger partial charge in [0.25, 0.3) is 5.91 Å². The van der Waals surface area contributed by atoms with Gasteiger partial charge >= 0.3 is 0 Å². The van der Waals surface area contributed by atoms with E-state index in [0.29, 0.717) is 29.5 Å². The van der Waals surface area contributed by atoms with E-state index < -0.39 is 0 Å². The normalized spacial score (nSPS) is 15.6. The molecule has 1 N–H and O–H groups in total. The third-order valence-corrected chi connectivity index (χ3v) is 6.22. The second kappa shape index (κ2) is 9.94. The number of hydrogen-bond acceptors (Lipinski definition) is 5. The summed E-state index contributed by atoms with van der Waals surface area (Å²) in [4.78, 5) is 14.1. The molecule has 0 radical (unpaired) electrons. The van der Waals surface area contributed by atoms with Crippen molar-refractivity contribution in [3.8, 4) is 21.9 Å². The average Bonchev–Trinajstić information content (AvgIpc) is 3.49. The van der Waals surface area contributed by atoms with E-state index in [9.17, 15) is 9.18 Å². The van der Waals surface area contributed by atoms with Crippen LogP contribution >= 0.6 is 11.3 Å². The van der Waals surface area contributed by atoms with Gasteiger partial charge in [0.05, 0.1) is 18.1 Å². The molecule has 7 heteroatoms. The molecule has 1 unspecified atom stereocenters. The number of rotatable bonds is 8. The Morgan fingerprint density at radius 2 is 2.00 bits per heavy atom. The molecule has 2 aromatic carbocycles. The first-order valence-corrected chi connectivity index (χ1v) is 11.0. The predicted molar refractivity (Wildman–Crippen MR) is 118 cm³/mol. The Labute approximate surface area is 184 Å². The minimum Gasteiger partial charge on any atom is -0.493 e. The Morgan fingerprint density at radius 3 is 2.74 bits per heavy atom. The van der Waals surface area contributed by atoms with Crippen molar-refractivity contribution < 1.29 is 23.4 Å². The van der Waals surface area contributed by atoms with E-state index in [1.54, 1.807) is 25.3 Å². The smallest absolute Gasteiger partial charge is 0.261 e. The molecule has 0 saturated carbocycles. The summed E-state index contributed by atoms with van der Waals surface area (Å²) in [7, 11) is 1.60. The highest BCUT2D eigenvalue weighted by atomic mass is 32.1. The van der Waals surface area contributed by atoms with Crippen LogP contribution in [0.1, 0.15) is 28.1 Å². The lowest BCUT2D eigenvalue weighted by Gasteiger charge is -2.15. The fourth-order valence-corrected chi connectivity index (χ4v) is 4.33. The monoisotopic (exact) mass is 441 g/mol. The van der Waals surface area contributed by atoms with Gasteiger partial charge in [0.15, 0.2) is 11.5 Å². The van der Waals surface area contributed by atoms with Crippen LogP contribution < -0.4 is 14.8 Å². The van der Waals surface area contributed by atoms with Crippen molar-refractivity contribution in [3.63, 3.8) is 0 Å². The third kappa shape index (κ3) is 5.42. The molecule has 5 nitrogen and oxygen atoms in total. The molecule has 3 aromatic rings. The van der Waals surface area contributed by atoms with Crippen molar-refractivity contribution >= 4 is 17.2 Å². The summed E-state index contributed by atoms with van der Waals surface area (Å²) in [5.41, 5.74) is 1.79. The van der Waals surface area contributed by atoms with Crippen LogP contribution in [0.4, 0.5) is 4.39 Å². The van der Waals surface area contributed by atoms with Crippen molar-refractivity contribution in [2.75, 3.05) is 20.3 Å².